The molecule has 1 aliphatic rings. The molecule has 10 heteroatoms. The van der Waals surface area contributed by atoms with Gasteiger partial charge in [-0.25, -0.2) is 15.0 Å². The zero-order chi connectivity index (χ0) is 22.7. The van der Waals surface area contributed by atoms with Crippen molar-refractivity contribution in [2.45, 2.75) is 25.8 Å². The molecular formula is C22H24Cl2N4O4. The van der Waals surface area contributed by atoms with Gasteiger partial charge >= 0.3 is 0 Å². The van der Waals surface area contributed by atoms with Gasteiger partial charge < -0.3 is 24.3 Å². The van der Waals surface area contributed by atoms with Crippen molar-refractivity contribution in [2.75, 3.05) is 39.4 Å². The van der Waals surface area contributed by atoms with Gasteiger partial charge in [0, 0.05) is 29.8 Å². The number of nitrogens with zero attached hydrogens (tertiary/aromatic N) is 3. The van der Waals surface area contributed by atoms with E-state index in [1.54, 1.807) is 12.3 Å². The van der Waals surface area contributed by atoms with Crippen LogP contribution in [-0.2, 0) is 4.74 Å². The summed E-state index contributed by atoms with van der Waals surface area (Å²) in [5.74, 6) is 1.71. The van der Waals surface area contributed by atoms with E-state index in [1.807, 2.05) is 13.0 Å². The van der Waals surface area contributed by atoms with Crippen molar-refractivity contribution in [2.24, 2.45) is 0 Å². The molecule has 1 atom stereocenters. The molecule has 0 saturated carbocycles. The third-order valence-corrected chi connectivity index (χ3v) is 5.89. The number of fused-ring (bicyclic) bond motifs is 1. The second kappa shape index (κ2) is 9.94. The van der Waals surface area contributed by atoms with E-state index in [-0.39, 0.29) is 6.04 Å². The second-order valence-corrected chi connectivity index (χ2v) is 7.98. The monoisotopic (exact) mass is 478 g/mol. The predicted molar refractivity (Wildman–Crippen MR) is 125 cm³/mol. The Morgan fingerprint density at radius 1 is 1.12 bits per heavy atom. The SMILES string of the molecule is CCOc1nc(-c2c(Cl)c(OC)cc(OC)c2Cl)cc2cnc(NC3CCCOC3)nc12. The molecular weight excluding hydrogens is 455 g/mol. The standard InChI is InChI=1S/C22H24Cl2N4O4/c1-4-32-21-20-12(10-25-22(28-20)26-13-6-5-7-31-11-13)8-14(27-21)17-18(23)15(29-2)9-16(30-3)19(17)24/h8-10,13H,4-7,11H2,1-3H3,(H,25,26,28). The molecule has 0 amide bonds. The average Bonchev–Trinajstić information content (AvgIpc) is 2.80. The highest BCUT2D eigenvalue weighted by Crippen LogP contribution is 2.46. The lowest BCUT2D eigenvalue weighted by Crippen LogP contribution is -2.30. The number of rotatable bonds is 7. The van der Waals surface area contributed by atoms with Crippen molar-refractivity contribution in [3.63, 3.8) is 0 Å². The zero-order valence-electron chi connectivity index (χ0n) is 18.1. The number of halogens is 2. The molecule has 1 N–H and O–H groups in total. The van der Waals surface area contributed by atoms with Crippen molar-refractivity contribution in [3.05, 3.63) is 28.4 Å². The Labute approximate surface area is 196 Å². The van der Waals surface area contributed by atoms with E-state index in [0.717, 1.165) is 24.8 Å². The van der Waals surface area contributed by atoms with Gasteiger partial charge in [0.05, 0.1) is 49.2 Å². The van der Waals surface area contributed by atoms with Crippen molar-refractivity contribution >= 4 is 40.1 Å². The quantitative estimate of drug-likeness (QED) is 0.507. The van der Waals surface area contributed by atoms with Crippen LogP contribution in [0.15, 0.2) is 18.3 Å². The Balaban J connectivity index is 1.81. The Kier molecular flexibility index (Phi) is 7.03. The molecule has 0 bridgehead atoms. The molecule has 0 spiro atoms. The highest BCUT2D eigenvalue weighted by molar-refractivity contribution is 6.41. The van der Waals surface area contributed by atoms with E-state index >= 15 is 0 Å². The lowest BCUT2D eigenvalue weighted by atomic mass is 10.1. The Morgan fingerprint density at radius 2 is 1.88 bits per heavy atom. The van der Waals surface area contributed by atoms with Crippen LogP contribution in [0.1, 0.15) is 19.8 Å². The minimum absolute atomic E-state index is 0.172. The molecule has 4 rings (SSSR count). The number of anilines is 1. The summed E-state index contributed by atoms with van der Waals surface area (Å²) in [6.07, 6.45) is 3.73. The first-order valence-corrected chi connectivity index (χ1v) is 11.1. The van der Waals surface area contributed by atoms with Crippen LogP contribution in [0.25, 0.3) is 22.2 Å². The van der Waals surface area contributed by atoms with Crippen molar-refractivity contribution < 1.29 is 18.9 Å². The molecule has 170 valence electrons. The number of aromatic nitrogens is 3. The van der Waals surface area contributed by atoms with E-state index in [0.29, 0.717) is 63.4 Å². The van der Waals surface area contributed by atoms with Gasteiger partial charge in [0.25, 0.3) is 0 Å². The van der Waals surface area contributed by atoms with Crippen LogP contribution in [0, 0.1) is 0 Å². The first-order valence-electron chi connectivity index (χ1n) is 10.3. The summed E-state index contributed by atoms with van der Waals surface area (Å²) in [6, 6.07) is 3.62. The molecule has 0 aliphatic carbocycles. The summed E-state index contributed by atoms with van der Waals surface area (Å²) in [6.45, 7) is 3.72. The van der Waals surface area contributed by atoms with Crippen LogP contribution in [0.3, 0.4) is 0 Å². The number of nitrogens with one attached hydrogen (secondary N) is 1. The van der Waals surface area contributed by atoms with Crippen LogP contribution in [0.5, 0.6) is 17.4 Å². The van der Waals surface area contributed by atoms with Crippen molar-refractivity contribution in [1.82, 2.24) is 15.0 Å². The topological polar surface area (TPSA) is 87.6 Å². The fourth-order valence-electron chi connectivity index (χ4n) is 3.59. The summed E-state index contributed by atoms with van der Waals surface area (Å²) < 4.78 is 22.1. The summed E-state index contributed by atoms with van der Waals surface area (Å²) in [5, 5.41) is 4.71. The van der Waals surface area contributed by atoms with Crippen LogP contribution in [0.2, 0.25) is 10.0 Å². The minimum Gasteiger partial charge on any atom is -0.495 e. The Hall–Kier alpha value is -2.55. The van der Waals surface area contributed by atoms with Gasteiger partial charge in [0.1, 0.15) is 17.0 Å². The number of pyridine rings is 1. The molecule has 1 saturated heterocycles. The molecule has 3 aromatic rings. The van der Waals surface area contributed by atoms with Crippen LogP contribution in [-0.4, -0.2) is 55.0 Å². The molecule has 1 unspecified atom stereocenters. The maximum Gasteiger partial charge on any atom is 0.241 e. The smallest absolute Gasteiger partial charge is 0.241 e. The van der Waals surface area contributed by atoms with Gasteiger partial charge in [-0.3, -0.25) is 0 Å². The van der Waals surface area contributed by atoms with Crippen molar-refractivity contribution in [1.29, 1.82) is 0 Å². The summed E-state index contributed by atoms with van der Waals surface area (Å²) in [5.41, 5.74) is 1.57. The van der Waals surface area contributed by atoms with E-state index in [1.165, 1.54) is 14.2 Å². The molecule has 0 radical (unpaired) electrons. The zero-order valence-corrected chi connectivity index (χ0v) is 19.6. The maximum atomic E-state index is 6.59. The lowest BCUT2D eigenvalue weighted by molar-refractivity contribution is 0.0874. The van der Waals surface area contributed by atoms with E-state index in [4.69, 9.17) is 42.1 Å². The second-order valence-electron chi connectivity index (χ2n) is 7.22. The highest BCUT2D eigenvalue weighted by atomic mass is 35.5. The van der Waals surface area contributed by atoms with Crippen molar-refractivity contribution in [3.8, 4) is 28.6 Å². The summed E-state index contributed by atoms with van der Waals surface area (Å²) >= 11 is 13.2. The average molecular weight is 479 g/mol. The van der Waals surface area contributed by atoms with E-state index in [2.05, 4.69) is 20.3 Å². The summed E-state index contributed by atoms with van der Waals surface area (Å²) in [7, 11) is 3.05. The lowest BCUT2D eigenvalue weighted by Gasteiger charge is -2.23. The van der Waals surface area contributed by atoms with Crippen LogP contribution >= 0.6 is 23.2 Å². The molecule has 32 heavy (non-hydrogen) atoms. The van der Waals surface area contributed by atoms with Gasteiger partial charge in [-0.1, -0.05) is 23.2 Å². The molecule has 2 aromatic heterocycles. The van der Waals surface area contributed by atoms with Gasteiger partial charge in [-0.15, -0.1) is 0 Å². The summed E-state index contributed by atoms with van der Waals surface area (Å²) in [4.78, 5) is 13.8. The van der Waals surface area contributed by atoms with Gasteiger partial charge in [0.15, 0.2) is 0 Å². The number of benzene rings is 1. The third-order valence-electron chi connectivity index (χ3n) is 5.14. The molecule has 1 fully saturated rings. The van der Waals surface area contributed by atoms with Gasteiger partial charge in [0.2, 0.25) is 11.8 Å². The van der Waals surface area contributed by atoms with E-state index < -0.39 is 0 Å². The minimum atomic E-state index is 0.172. The van der Waals surface area contributed by atoms with Gasteiger partial charge in [-0.2, -0.15) is 0 Å². The Bertz CT molecular complexity index is 1090. The fourth-order valence-corrected chi connectivity index (χ4v) is 4.29. The van der Waals surface area contributed by atoms with Gasteiger partial charge in [-0.05, 0) is 25.8 Å². The number of hydrogen-bond donors (Lipinski definition) is 1. The fraction of sp³-hybridized carbons (Fsp3) is 0.409. The largest absolute Gasteiger partial charge is 0.495 e. The molecule has 1 aromatic carbocycles. The molecule has 3 heterocycles. The maximum absolute atomic E-state index is 6.59. The number of methoxy groups -OCH3 is 2. The molecule has 8 nitrogen and oxygen atoms in total. The van der Waals surface area contributed by atoms with Crippen LogP contribution in [0.4, 0.5) is 5.95 Å². The first-order chi connectivity index (χ1) is 15.5. The third kappa shape index (κ3) is 4.48. The first kappa shape index (κ1) is 22.6. The predicted octanol–water partition coefficient (Wildman–Crippen LogP) is 5.01. The molecule has 1 aliphatic heterocycles. The van der Waals surface area contributed by atoms with Crippen LogP contribution < -0.4 is 19.5 Å². The Morgan fingerprint density at radius 3 is 2.50 bits per heavy atom. The normalized spacial score (nSPS) is 16.1. The van der Waals surface area contributed by atoms with E-state index in [9.17, 15) is 0 Å². The number of ether oxygens (including phenoxy) is 4. The highest BCUT2D eigenvalue weighted by Gasteiger charge is 2.22. The number of hydrogen-bond acceptors (Lipinski definition) is 8.